The molecule has 0 atom stereocenters. The van der Waals surface area contributed by atoms with E-state index in [2.05, 4.69) is 16.0 Å². The van der Waals surface area contributed by atoms with Crippen molar-refractivity contribution in [3.05, 3.63) is 74.8 Å². The van der Waals surface area contributed by atoms with Crippen molar-refractivity contribution in [1.82, 2.24) is 9.88 Å². The normalized spacial score (nSPS) is 13.7. The summed E-state index contributed by atoms with van der Waals surface area (Å²) in [4.78, 5) is 33.1. The van der Waals surface area contributed by atoms with Gasteiger partial charge in [-0.15, -0.1) is 11.3 Å². The molecule has 2 aromatic carbocycles. The van der Waals surface area contributed by atoms with Gasteiger partial charge in [0.25, 0.3) is 11.6 Å². The molecule has 4 rings (SSSR count). The molecule has 0 spiro atoms. The highest BCUT2D eigenvalue weighted by atomic mass is 32.2. The lowest BCUT2D eigenvalue weighted by Crippen LogP contribution is -2.37. The Hall–Kier alpha value is -2.95. The van der Waals surface area contributed by atoms with Gasteiger partial charge in [0.1, 0.15) is 0 Å². The van der Waals surface area contributed by atoms with Gasteiger partial charge in [0.15, 0.2) is 4.34 Å². The third kappa shape index (κ3) is 5.52. The van der Waals surface area contributed by atoms with E-state index in [-0.39, 0.29) is 17.2 Å². The largest absolute Gasteiger partial charge is 0.378 e. The van der Waals surface area contributed by atoms with Gasteiger partial charge in [-0.05, 0) is 30.7 Å². The maximum Gasteiger partial charge on any atom is 0.284 e. The van der Waals surface area contributed by atoms with E-state index in [0.29, 0.717) is 24.7 Å². The first-order valence-corrected chi connectivity index (χ1v) is 12.2. The lowest BCUT2D eigenvalue weighted by molar-refractivity contribution is -0.387. The minimum absolute atomic E-state index is 0.0965. The average molecular weight is 485 g/mol. The van der Waals surface area contributed by atoms with Gasteiger partial charge in [-0.25, -0.2) is 4.98 Å². The Morgan fingerprint density at radius 2 is 2.03 bits per heavy atom. The number of carbonyl (C=O) groups excluding carboxylic acids is 1. The molecule has 0 bridgehead atoms. The molecule has 1 amide bonds. The van der Waals surface area contributed by atoms with Crippen LogP contribution >= 0.6 is 23.1 Å². The van der Waals surface area contributed by atoms with E-state index in [1.807, 2.05) is 30.5 Å². The molecule has 10 heteroatoms. The number of para-hydroxylation sites is 1. The van der Waals surface area contributed by atoms with E-state index < -0.39 is 4.92 Å². The number of anilines is 1. The summed E-state index contributed by atoms with van der Waals surface area (Å²) < 4.78 is 6.18. The summed E-state index contributed by atoms with van der Waals surface area (Å²) in [6.07, 6.45) is 0. The zero-order valence-corrected chi connectivity index (χ0v) is 20.0. The lowest BCUT2D eigenvalue weighted by Gasteiger charge is -2.31. The summed E-state index contributed by atoms with van der Waals surface area (Å²) in [5.41, 5.74) is 3.16. The zero-order valence-electron chi connectivity index (χ0n) is 18.4. The number of aryl methyl sites for hydroxylation is 1. The molecule has 2 heterocycles. The van der Waals surface area contributed by atoms with Crippen molar-refractivity contribution in [3.8, 4) is 0 Å². The monoisotopic (exact) mass is 484 g/mol. The Balaban J connectivity index is 1.53. The molecule has 33 heavy (non-hydrogen) atoms. The molecule has 1 fully saturated rings. The summed E-state index contributed by atoms with van der Waals surface area (Å²) >= 11 is 2.67. The van der Waals surface area contributed by atoms with Crippen molar-refractivity contribution < 1.29 is 14.5 Å². The Morgan fingerprint density at radius 1 is 1.27 bits per heavy atom. The van der Waals surface area contributed by atoms with Gasteiger partial charge in [-0.1, -0.05) is 30.0 Å². The lowest BCUT2D eigenvalue weighted by atomic mass is 10.1. The smallest absolute Gasteiger partial charge is 0.284 e. The van der Waals surface area contributed by atoms with Gasteiger partial charge in [0.2, 0.25) is 0 Å². The van der Waals surface area contributed by atoms with E-state index in [1.165, 1.54) is 29.2 Å². The van der Waals surface area contributed by atoms with Crippen LogP contribution in [0.4, 0.5) is 11.4 Å². The van der Waals surface area contributed by atoms with E-state index in [0.717, 1.165) is 34.4 Å². The number of rotatable bonds is 7. The second kappa shape index (κ2) is 10.3. The topological polar surface area (TPSA) is 88.8 Å². The van der Waals surface area contributed by atoms with Crippen LogP contribution < -0.4 is 4.90 Å². The van der Waals surface area contributed by atoms with Crippen molar-refractivity contribution in [1.29, 1.82) is 0 Å². The van der Waals surface area contributed by atoms with Crippen LogP contribution in [0.5, 0.6) is 0 Å². The molecule has 1 saturated heterocycles. The van der Waals surface area contributed by atoms with E-state index in [1.54, 1.807) is 24.1 Å². The number of carbonyl (C=O) groups is 1. The maximum absolute atomic E-state index is 13.1. The number of hydrogen-bond donors (Lipinski definition) is 0. The molecule has 0 radical (unpaired) electrons. The van der Waals surface area contributed by atoms with Crippen molar-refractivity contribution in [2.45, 2.75) is 22.7 Å². The zero-order chi connectivity index (χ0) is 23.4. The Kier molecular flexibility index (Phi) is 7.26. The Morgan fingerprint density at radius 3 is 2.73 bits per heavy atom. The van der Waals surface area contributed by atoms with Crippen molar-refractivity contribution >= 4 is 40.4 Å². The fourth-order valence-corrected chi connectivity index (χ4v) is 5.54. The number of hydrogen-bond acceptors (Lipinski definition) is 8. The van der Waals surface area contributed by atoms with Crippen LogP contribution in [0.15, 0.2) is 57.1 Å². The maximum atomic E-state index is 13.1. The molecular formula is C23H24N4O4S2. The molecule has 1 aliphatic heterocycles. The molecule has 1 aliphatic rings. The molecule has 0 saturated carbocycles. The highest BCUT2D eigenvalue weighted by Crippen LogP contribution is 2.37. The van der Waals surface area contributed by atoms with Gasteiger partial charge < -0.3 is 14.5 Å². The van der Waals surface area contributed by atoms with Crippen molar-refractivity contribution in [2.75, 3.05) is 38.3 Å². The number of aromatic nitrogens is 1. The van der Waals surface area contributed by atoms with Gasteiger partial charge in [0.05, 0.1) is 23.0 Å². The van der Waals surface area contributed by atoms with Crippen LogP contribution in [0.25, 0.3) is 0 Å². The van der Waals surface area contributed by atoms with Gasteiger partial charge in [-0.3, -0.25) is 14.9 Å². The third-order valence-electron chi connectivity index (χ3n) is 5.30. The summed E-state index contributed by atoms with van der Waals surface area (Å²) in [6, 6.07) is 12.6. The molecular weight excluding hydrogens is 460 g/mol. The molecule has 172 valence electrons. The van der Waals surface area contributed by atoms with E-state index in [4.69, 9.17) is 4.74 Å². The number of ether oxygens (including phenoxy) is 1. The minimum atomic E-state index is -0.451. The van der Waals surface area contributed by atoms with Crippen LogP contribution in [0, 0.1) is 17.0 Å². The molecule has 1 aromatic heterocycles. The van der Waals surface area contributed by atoms with E-state index in [9.17, 15) is 14.9 Å². The second-order valence-corrected chi connectivity index (χ2v) is 9.83. The molecule has 0 N–H and O–H groups in total. The Labute approximate surface area is 200 Å². The fraction of sp³-hybridized carbons (Fsp3) is 0.304. The number of nitro groups is 1. The van der Waals surface area contributed by atoms with Crippen LogP contribution in [0.3, 0.4) is 0 Å². The highest BCUT2D eigenvalue weighted by Gasteiger charge is 2.22. The number of thiazole rings is 1. The number of nitro benzene ring substituents is 1. The SMILES string of the molecule is Cc1csc(Sc2ccc(C(=O)N(C)Cc3ccccc3N3CCOCC3)cc2[N+](=O)[O-])n1. The Bertz CT molecular complexity index is 1160. The van der Waals surface area contributed by atoms with Gasteiger partial charge >= 0.3 is 0 Å². The average Bonchev–Trinajstić information content (AvgIpc) is 3.24. The number of morpholine rings is 1. The molecule has 0 aliphatic carbocycles. The van der Waals surface area contributed by atoms with Crippen molar-refractivity contribution in [2.24, 2.45) is 0 Å². The van der Waals surface area contributed by atoms with Crippen LogP contribution in [-0.2, 0) is 11.3 Å². The van der Waals surface area contributed by atoms with Gasteiger partial charge in [-0.2, -0.15) is 0 Å². The first kappa shape index (κ1) is 23.2. The van der Waals surface area contributed by atoms with Crippen LogP contribution in [0.1, 0.15) is 21.6 Å². The number of benzene rings is 2. The minimum Gasteiger partial charge on any atom is -0.378 e. The number of nitrogens with zero attached hydrogens (tertiary/aromatic N) is 4. The highest BCUT2D eigenvalue weighted by molar-refractivity contribution is 8.01. The quantitative estimate of drug-likeness (QED) is 0.357. The first-order valence-electron chi connectivity index (χ1n) is 10.5. The van der Waals surface area contributed by atoms with Crippen molar-refractivity contribution in [3.63, 3.8) is 0 Å². The summed E-state index contributed by atoms with van der Waals surface area (Å²) in [5, 5.41) is 13.6. The predicted molar refractivity (Wildman–Crippen MR) is 129 cm³/mol. The van der Waals surface area contributed by atoms with Crippen LogP contribution in [0.2, 0.25) is 0 Å². The first-order chi connectivity index (χ1) is 15.9. The predicted octanol–water partition coefficient (Wildman–Crippen LogP) is 4.62. The van der Waals surface area contributed by atoms with Gasteiger partial charge in [0, 0.05) is 55.1 Å². The van der Waals surface area contributed by atoms with Crippen LogP contribution in [-0.4, -0.2) is 54.1 Å². The number of amides is 1. The standard InChI is InChI=1S/C23H24N4O4S2/c1-16-15-32-23(24-16)33-21-8-7-17(13-20(21)27(29)30)22(28)25(2)14-18-5-3-4-6-19(18)26-9-11-31-12-10-26/h3-8,13,15H,9-12,14H2,1-2H3. The third-order valence-corrected chi connectivity index (χ3v) is 7.42. The second-order valence-electron chi connectivity index (χ2n) is 7.69. The molecule has 0 unspecified atom stereocenters. The fourth-order valence-electron chi connectivity index (χ4n) is 3.66. The summed E-state index contributed by atoms with van der Waals surface area (Å²) in [5.74, 6) is -0.267. The molecule has 3 aromatic rings. The van der Waals surface area contributed by atoms with E-state index >= 15 is 0 Å². The summed E-state index contributed by atoms with van der Waals surface area (Å²) in [6.45, 7) is 5.24. The molecule has 8 nitrogen and oxygen atoms in total. The summed E-state index contributed by atoms with van der Waals surface area (Å²) in [7, 11) is 1.71.